The Morgan fingerprint density at radius 2 is 2.36 bits per heavy atom. The summed E-state index contributed by atoms with van der Waals surface area (Å²) in [6.07, 6.45) is 3.33. The van der Waals surface area contributed by atoms with Crippen molar-refractivity contribution in [2.75, 3.05) is 0 Å². The summed E-state index contributed by atoms with van der Waals surface area (Å²) >= 11 is 1.96. The van der Waals surface area contributed by atoms with Crippen molar-refractivity contribution in [3.63, 3.8) is 0 Å². The van der Waals surface area contributed by atoms with Gasteiger partial charge < -0.3 is 4.42 Å². The van der Waals surface area contributed by atoms with E-state index < -0.39 is 0 Å². The zero-order valence-corrected chi connectivity index (χ0v) is 8.89. The van der Waals surface area contributed by atoms with Gasteiger partial charge in [0, 0.05) is 23.0 Å². The van der Waals surface area contributed by atoms with E-state index in [0.717, 1.165) is 29.9 Å². The van der Waals surface area contributed by atoms with E-state index in [9.17, 15) is 4.79 Å². The van der Waals surface area contributed by atoms with Gasteiger partial charge in [0.15, 0.2) is 5.43 Å². The molecule has 3 heteroatoms. The molecule has 1 fully saturated rings. The van der Waals surface area contributed by atoms with Gasteiger partial charge >= 0.3 is 0 Å². The van der Waals surface area contributed by atoms with Crippen LogP contribution in [0.1, 0.15) is 35.2 Å². The van der Waals surface area contributed by atoms with Gasteiger partial charge in [0.05, 0.1) is 5.56 Å². The van der Waals surface area contributed by atoms with E-state index in [4.69, 9.17) is 4.42 Å². The molecule has 0 spiro atoms. The lowest BCUT2D eigenvalue weighted by molar-refractivity contribution is 0.455. The Hall–Kier alpha value is -0.700. The SMILES string of the molecule is Cc1cc(=O)c2c(o1)CC1CCC2S1. The highest BCUT2D eigenvalue weighted by molar-refractivity contribution is 8.00. The van der Waals surface area contributed by atoms with Crippen molar-refractivity contribution >= 4 is 11.8 Å². The van der Waals surface area contributed by atoms with Crippen LogP contribution in [0.2, 0.25) is 0 Å². The molecule has 0 aliphatic carbocycles. The molecule has 2 aliphatic heterocycles. The first kappa shape index (κ1) is 8.60. The summed E-state index contributed by atoms with van der Waals surface area (Å²) in [5.74, 6) is 1.71. The van der Waals surface area contributed by atoms with Crippen molar-refractivity contribution in [3.8, 4) is 0 Å². The van der Waals surface area contributed by atoms with Gasteiger partial charge in [0.1, 0.15) is 11.5 Å². The summed E-state index contributed by atoms with van der Waals surface area (Å²) in [7, 11) is 0. The lowest BCUT2D eigenvalue weighted by Crippen LogP contribution is -2.18. The van der Waals surface area contributed by atoms with Crippen LogP contribution < -0.4 is 5.43 Å². The minimum Gasteiger partial charge on any atom is -0.466 e. The van der Waals surface area contributed by atoms with Crippen LogP contribution in [0.3, 0.4) is 0 Å². The molecule has 2 unspecified atom stereocenters. The topological polar surface area (TPSA) is 30.2 Å². The Morgan fingerprint density at radius 3 is 3.21 bits per heavy atom. The molecule has 1 aromatic heterocycles. The Labute approximate surface area is 86.7 Å². The molecule has 3 rings (SSSR count). The Kier molecular flexibility index (Phi) is 1.78. The molecule has 0 saturated carbocycles. The third kappa shape index (κ3) is 1.15. The molecule has 2 bridgehead atoms. The van der Waals surface area contributed by atoms with Crippen LogP contribution in [0.25, 0.3) is 0 Å². The van der Waals surface area contributed by atoms with Crippen molar-refractivity contribution in [1.82, 2.24) is 0 Å². The fraction of sp³-hybridized carbons (Fsp3) is 0.545. The fourth-order valence-corrected chi connectivity index (χ4v) is 4.08. The summed E-state index contributed by atoms with van der Waals surface area (Å²) in [4.78, 5) is 11.8. The highest BCUT2D eigenvalue weighted by Crippen LogP contribution is 2.49. The summed E-state index contributed by atoms with van der Waals surface area (Å²) in [5, 5.41) is 1.11. The third-order valence-corrected chi connectivity index (χ3v) is 4.61. The highest BCUT2D eigenvalue weighted by Gasteiger charge is 2.36. The van der Waals surface area contributed by atoms with E-state index in [1.807, 2.05) is 18.7 Å². The Balaban J connectivity index is 2.23. The predicted octanol–water partition coefficient (Wildman–Crippen LogP) is 2.44. The maximum atomic E-state index is 11.8. The standard InChI is InChI=1S/C11H12O2S/c1-6-4-8(12)11-9(13-6)5-7-2-3-10(11)14-7/h4,7,10H,2-3,5H2,1H3. The first-order valence-corrected chi connectivity index (χ1v) is 5.97. The van der Waals surface area contributed by atoms with Gasteiger partial charge in [-0.05, 0) is 19.8 Å². The second-order valence-electron chi connectivity index (χ2n) is 4.09. The van der Waals surface area contributed by atoms with Gasteiger partial charge in [-0.2, -0.15) is 0 Å². The second kappa shape index (κ2) is 2.89. The number of fused-ring (bicyclic) bond motifs is 4. The minimum absolute atomic E-state index is 0.182. The van der Waals surface area contributed by atoms with Crippen LogP contribution in [0.15, 0.2) is 15.3 Å². The molecule has 2 aliphatic rings. The van der Waals surface area contributed by atoms with Crippen LogP contribution in [0.5, 0.6) is 0 Å². The summed E-state index contributed by atoms with van der Waals surface area (Å²) in [6.45, 7) is 1.85. The van der Waals surface area contributed by atoms with E-state index in [0.29, 0.717) is 10.5 Å². The Bertz CT molecular complexity index is 435. The third-order valence-electron chi connectivity index (χ3n) is 3.03. The largest absolute Gasteiger partial charge is 0.466 e. The van der Waals surface area contributed by atoms with Gasteiger partial charge in [-0.1, -0.05) is 0 Å². The molecule has 74 valence electrons. The predicted molar refractivity (Wildman–Crippen MR) is 56.8 cm³/mol. The monoisotopic (exact) mass is 208 g/mol. The van der Waals surface area contributed by atoms with Crippen LogP contribution >= 0.6 is 11.8 Å². The van der Waals surface area contributed by atoms with Crippen LogP contribution in [-0.4, -0.2) is 5.25 Å². The highest BCUT2D eigenvalue weighted by atomic mass is 32.2. The van der Waals surface area contributed by atoms with Crippen molar-refractivity contribution < 1.29 is 4.42 Å². The average molecular weight is 208 g/mol. The zero-order chi connectivity index (χ0) is 9.71. The molecule has 1 saturated heterocycles. The first-order valence-electron chi connectivity index (χ1n) is 5.03. The van der Waals surface area contributed by atoms with E-state index in [-0.39, 0.29) is 5.43 Å². The lowest BCUT2D eigenvalue weighted by atomic mass is 10.1. The van der Waals surface area contributed by atoms with Gasteiger partial charge in [0.2, 0.25) is 0 Å². The summed E-state index contributed by atoms with van der Waals surface area (Å²) in [5.41, 5.74) is 1.14. The molecule has 2 atom stereocenters. The number of hydrogen-bond acceptors (Lipinski definition) is 3. The van der Waals surface area contributed by atoms with Crippen LogP contribution in [0.4, 0.5) is 0 Å². The molecule has 0 aromatic carbocycles. The molecule has 0 N–H and O–H groups in total. The lowest BCUT2D eigenvalue weighted by Gasteiger charge is -2.20. The molecule has 0 amide bonds. The van der Waals surface area contributed by atoms with Crippen molar-refractivity contribution in [2.24, 2.45) is 0 Å². The minimum atomic E-state index is 0.182. The van der Waals surface area contributed by atoms with Gasteiger partial charge in [-0.3, -0.25) is 4.79 Å². The number of hydrogen-bond donors (Lipinski definition) is 0. The molecular weight excluding hydrogens is 196 g/mol. The Morgan fingerprint density at radius 1 is 1.50 bits per heavy atom. The summed E-state index contributed by atoms with van der Waals surface area (Å²) in [6, 6.07) is 1.62. The maximum Gasteiger partial charge on any atom is 0.189 e. The van der Waals surface area contributed by atoms with Crippen molar-refractivity contribution in [1.29, 1.82) is 0 Å². The van der Waals surface area contributed by atoms with Gasteiger partial charge in [-0.25, -0.2) is 0 Å². The second-order valence-corrected chi connectivity index (χ2v) is 5.59. The molecule has 1 aromatic rings. The van der Waals surface area contributed by atoms with Crippen LogP contribution in [0, 0.1) is 6.92 Å². The number of rotatable bonds is 0. The van der Waals surface area contributed by atoms with E-state index in [1.54, 1.807) is 6.07 Å². The normalized spacial score (nSPS) is 28.9. The quantitative estimate of drug-likeness (QED) is 0.656. The van der Waals surface area contributed by atoms with E-state index >= 15 is 0 Å². The molecule has 0 radical (unpaired) electrons. The summed E-state index contributed by atoms with van der Waals surface area (Å²) < 4.78 is 5.65. The molecular formula is C11H12O2S. The van der Waals surface area contributed by atoms with Crippen LogP contribution in [-0.2, 0) is 6.42 Å². The molecule has 3 heterocycles. The first-order chi connectivity index (χ1) is 6.74. The zero-order valence-electron chi connectivity index (χ0n) is 8.08. The molecule has 14 heavy (non-hydrogen) atoms. The van der Waals surface area contributed by atoms with Gasteiger partial charge in [-0.15, -0.1) is 11.8 Å². The van der Waals surface area contributed by atoms with E-state index in [2.05, 4.69) is 0 Å². The van der Waals surface area contributed by atoms with Crippen molar-refractivity contribution in [2.45, 2.75) is 36.7 Å². The molecule has 2 nitrogen and oxygen atoms in total. The number of aryl methyl sites for hydroxylation is 1. The fourth-order valence-electron chi connectivity index (χ4n) is 2.44. The maximum absolute atomic E-state index is 11.8. The van der Waals surface area contributed by atoms with Crippen molar-refractivity contribution in [3.05, 3.63) is 33.4 Å². The van der Waals surface area contributed by atoms with E-state index in [1.165, 1.54) is 6.42 Å². The smallest absolute Gasteiger partial charge is 0.189 e. The number of thioether (sulfide) groups is 1. The van der Waals surface area contributed by atoms with Gasteiger partial charge in [0.25, 0.3) is 0 Å². The average Bonchev–Trinajstić information content (AvgIpc) is 2.46.